The SMILES string of the molecule is COCc1cc(C(C)c2cc(C)c(O)c(COC)c2)cc(C)c1O. The molecule has 0 fully saturated rings. The van der Waals surface area contributed by atoms with Crippen LogP contribution in [0, 0.1) is 13.8 Å². The van der Waals surface area contributed by atoms with Crippen molar-refractivity contribution in [1.29, 1.82) is 0 Å². The van der Waals surface area contributed by atoms with Gasteiger partial charge in [-0.1, -0.05) is 19.1 Å². The van der Waals surface area contributed by atoms with Crippen LogP contribution in [0.1, 0.15) is 46.2 Å². The molecule has 4 nitrogen and oxygen atoms in total. The van der Waals surface area contributed by atoms with E-state index in [-0.39, 0.29) is 17.4 Å². The monoisotopic (exact) mass is 330 g/mol. The summed E-state index contributed by atoms with van der Waals surface area (Å²) in [6.07, 6.45) is 0. The Morgan fingerprint density at radius 2 is 1.17 bits per heavy atom. The first kappa shape index (κ1) is 18.3. The van der Waals surface area contributed by atoms with E-state index < -0.39 is 0 Å². The van der Waals surface area contributed by atoms with E-state index in [1.807, 2.05) is 38.1 Å². The highest BCUT2D eigenvalue weighted by Gasteiger charge is 2.16. The number of aryl methyl sites for hydroxylation is 2. The summed E-state index contributed by atoms with van der Waals surface area (Å²) in [4.78, 5) is 0. The molecule has 0 spiro atoms. The van der Waals surface area contributed by atoms with Gasteiger partial charge in [0.2, 0.25) is 0 Å². The molecule has 2 aromatic carbocycles. The summed E-state index contributed by atoms with van der Waals surface area (Å²) in [5.74, 6) is 0.694. The predicted molar refractivity (Wildman–Crippen MR) is 94.6 cm³/mol. The maximum Gasteiger partial charge on any atom is 0.124 e. The van der Waals surface area contributed by atoms with Crippen LogP contribution in [0.2, 0.25) is 0 Å². The number of rotatable bonds is 6. The maximum atomic E-state index is 10.2. The van der Waals surface area contributed by atoms with Gasteiger partial charge in [-0.05, 0) is 48.2 Å². The summed E-state index contributed by atoms with van der Waals surface area (Å²) in [5.41, 5.74) is 5.44. The van der Waals surface area contributed by atoms with Gasteiger partial charge in [0.1, 0.15) is 11.5 Å². The summed E-state index contributed by atoms with van der Waals surface area (Å²) in [6, 6.07) is 7.96. The zero-order valence-electron chi connectivity index (χ0n) is 15.0. The zero-order chi connectivity index (χ0) is 17.9. The molecule has 130 valence electrons. The number of phenolic OH excluding ortho intramolecular Hbond substituents is 2. The molecule has 2 aromatic rings. The number of methoxy groups -OCH3 is 2. The van der Waals surface area contributed by atoms with Crippen LogP contribution in [0.4, 0.5) is 0 Å². The van der Waals surface area contributed by atoms with E-state index in [0.717, 1.165) is 33.4 Å². The molecule has 0 radical (unpaired) electrons. The van der Waals surface area contributed by atoms with Gasteiger partial charge in [0, 0.05) is 31.3 Å². The van der Waals surface area contributed by atoms with E-state index in [1.54, 1.807) is 14.2 Å². The second-order valence-electron chi connectivity index (χ2n) is 6.28. The summed E-state index contributed by atoms with van der Waals surface area (Å²) in [5, 5.41) is 20.3. The minimum absolute atomic E-state index is 0.120. The topological polar surface area (TPSA) is 58.9 Å². The van der Waals surface area contributed by atoms with Crippen molar-refractivity contribution in [2.75, 3.05) is 14.2 Å². The third kappa shape index (κ3) is 3.71. The summed E-state index contributed by atoms with van der Waals surface area (Å²) >= 11 is 0. The molecule has 0 atom stereocenters. The molecule has 0 aliphatic rings. The molecule has 0 saturated heterocycles. The number of phenols is 2. The summed E-state index contributed by atoms with van der Waals surface area (Å²) < 4.78 is 10.4. The average molecular weight is 330 g/mol. The highest BCUT2D eigenvalue weighted by molar-refractivity contribution is 5.49. The number of hydrogen-bond acceptors (Lipinski definition) is 4. The summed E-state index contributed by atoms with van der Waals surface area (Å²) in [7, 11) is 3.23. The Bertz CT molecular complexity index is 661. The summed E-state index contributed by atoms with van der Waals surface area (Å²) in [6.45, 7) is 6.64. The molecule has 2 rings (SSSR count). The molecule has 0 aliphatic carbocycles. The fraction of sp³-hybridized carbons (Fsp3) is 0.400. The van der Waals surface area contributed by atoms with E-state index in [2.05, 4.69) is 6.92 Å². The Labute approximate surface area is 143 Å². The van der Waals surface area contributed by atoms with Crippen LogP contribution in [0.5, 0.6) is 11.5 Å². The fourth-order valence-corrected chi connectivity index (χ4v) is 2.99. The molecule has 0 saturated carbocycles. The third-order valence-corrected chi connectivity index (χ3v) is 4.40. The third-order valence-electron chi connectivity index (χ3n) is 4.40. The van der Waals surface area contributed by atoms with Crippen LogP contribution < -0.4 is 0 Å². The molecule has 2 N–H and O–H groups in total. The lowest BCUT2D eigenvalue weighted by molar-refractivity contribution is 0.181. The quantitative estimate of drug-likeness (QED) is 0.835. The normalized spacial score (nSPS) is 11.2. The van der Waals surface area contributed by atoms with Gasteiger partial charge in [-0.3, -0.25) is 0 Å². The number of benzene rings is 2. The van der Waals surface area contributed by atoms with Crippen molar-refractivity contribution in [1.82, 2.24) is 0 Å². The van der Waals surface area contributed by atoms with Crippen LogP contribution in [0.25, 0.3) is 0 Å². The van der Waals surface area contributed by atoms with Crippen LogP contribution >= 0.6 is 0 Å². The van der Waals surface area contributed by atoms with Crippen molar-refractivity contribution in [3.05, 3.63) is 57.6 Å². The van der Waals surface area contributed by atoms with E-state index >= 15 is 0 Å². The Balaban J connectivity index is 2.47. The van der Waals surface area contributed by atoms with Crippen molar-refractivity contribution < 1.29 is 19.7 Å². The van der Waals surface area contributed by atoms with E-state index in [4.69, 9.17) is 9.47 Å². The number of aromatic hydroxyl groups is 2. The zero-order valence-corrected chi connectivity index (χ0v) is 15.0. The van der Waals surface area contributed by atoms with Gasteiger partial charge in [0.05, 0.1) is 13.2 Å². The van der Waals surface area contributed by atoms with Crippen molar-refractivity contribution in [2.24, 2.45) is 0 Å². The molecule has 0 unspecified atom stereocenters. The van der Waals surface area contributed by atoms with Crippen molar-refractivity contribution in [3.8, 4) is 11.5 Å². The Morgan fingerprint density at radius 3 is 1.50 bits per heavy atom. The largest absolute Gasteiger partial charge is 0.507 e. The molecule has 0 bridgehead atoms. The van der Waals surface area contributed by atoms with E-state index in [0.29, 0.717) is 13.2 Å². The van der Waals surface area contributed by atoms with Crippen molar-refractivity contribution in [3.63, 3.8) is 0 Å². The van der Waals surface area contributed by atoms with Gasteiger partial charge in [-0.15, -0.1) is 0 Å². The van der Waals surface area contributed by atoms with Crippen LogP contribution in [-0.2, 0) is 22.7 Å². The molecular formula is C20H26O4. The minimum Gasteiger partial charge on any atom is -0.507 e. The van der Waals surface area contributed by atoms with Gasteiger partial charge >= 0.3 is 0 Å². The van der Waals surface area contributed by atoms with E-state index in [9.17, 15) is 10.2 Å². The molecule has 24 heavy (non-hydrogen) atoms. The number of ether oxygens (including phenoxy) is 2. The predicted octanol–water partition coefficient (Wildman–Crippen LogP) is 4.16. The standard InChI is InChI=1S/C20H26O4/c1-12-6-15(8-17(10-23-4)19(12)21)14(3)16-7-13(2)20(22)18(9-16)11-24-5/h6-9,14,21-22H,10-11H2,1-5H3. The first-order valence-corrected chi connectivity index (χ1v) is 8.01. The molecule has 4 heteroatoms. The molecule has 0 amide bonds. The molecule has 0 heterocycles. The Kier molecular flexibility index (Phi) is 5.86. The second-order valence-corrected chi connectivity index (χ2v) is 6.28. The lowest BCUT2D eigenvalue weighted by atomic mass is 9.88. The first-order chi connectivity index (χ1) is 11.4. The molecule has 0 aliphatic heterocycles. The van der Waals surface area contributed by atoms with Gasteiger partial charge in [0.15, 0.2) is 0 Å². The maximum absolute atomic E-state index is 10.2. The van der Waals surface area contributed by atoms with Crippen LogP contribution in [0.3, 0.4) is 0 Å². The lowest BCUT2D eigenvalue weighted by Gasteiger charge is -2.19. The van der Waals surface area contributed by atoms with Crippen LogP contribution in [0.15, 0.2) is 24.3 Å². The van der Waals surface area contributed by atoms with Crippen molar-refractivity contribution in [2.45, 2.75) is 39.9 Å². The Morgan fingerprint density at radius 1 is 0.792 bits per heavy atom. The van der Waals surface area contributed by atoms with Crippen LogP contribution in [-0.4, -0.2) is 24.4 Å². The van der Waals surface area contributed by atoms with Gasteiger partial charge < -0.3 is 19.7 Å². The van der Waals surface area contributed by atoms with Gasteiger partial charge in [0.25, 0.3) is 0 Å². The molecular weight excluding hydrogens is 304 g/mol. The van der Waals surface area contributed by atoms with E-state index in [1.165, 1.54) is 0 Å². The molecule has 0 aromatic heterocycles. The fourth-order valence-electron chi connectivity index (χ4n) is 2.99. The Hall–Kier alpha value is -2.04. The highest BCUT2D eigenvalue weighted by Crippen LogP contribution is 2.34. The smallest absolute Gasteiger partial charge is 0.124 e. The number of hydrogen-bond donors (Lipinski definition) is 2. The second kappa shape index (κ2) is 7.69. The first-order valence-electron chi connectivity index (χ1n) is 8.01. The van der Waals surface area contributed by atoms with Gasteiger partial charge in [-0.2, -0.15) is 0 Å². The highest BCUT2D eigenvalue weighted by atomic mass is 16.5. The average Bonchev–Trinajstić information content (AvgIpc) is 2.55. The van der Waals surface area contributed by atoms with Gasteiger partial charge in [-0.25, -0.2) is 0 Å². The van der Waals surface area contributed by atoms with Crippen molar-refractivity contribution >= 4 is 0 Å². The lowest BCUT2D eigenvalue weighted by Crippen LogP contribution is -2.02. The minimum atomic E-state index is 0.120.